The first-order chi connectivity index (χ1) is 8.58. The fraction of sp³-hybridized carbons (Fsp3) is 0.846. The van der Waals surface area contributed by atoms with Gasteiger partial charge < -0.3 is 5.11 Å². The minimum absolute atomic E-state index is 0.0453. The van der Waals surface area contributed by atoms with Crippen molar-refractivity contribution in [3.8, 4) is 0 Å². The topological polar surface area (TPSA) is 70.1 Å². The van der Waals surface area contributed by atoms with E-state index < -0.39 is 17.0 Å². The number of carbonyl (C=O) groups is 2. The summed E-state index contributed by atoms with van der Waals surface area (Å²) in [7, 11) is 3.05. The van der Waals surface area contributed by atoms with Gasteiger partial charge in [0.15, 0.2) is 0 Å². The van der Waals surface area contributed by atoms with Gasteiger partial charge >= 0.3 is 6.09 Å². The smallest absolute Gasteiger partial charge is 0.408 e. The van der Waals surface area contributed by atoms with Gasteiger partial charge in [0, 0.05) is 18.1 Å². The SMILES string of the molecule is CON(C)C(=O)C12CC(N(C(=O)O)C(C)(C)C)(C1)C2. The van der Waals surface area contributed by atoms with Crippen LogP contribution in [-0.2, 0) is 9.63 Å². The van der Waals surface area contributed by atoms with Crippen LogP contribution in [0.3, 0.4) is 0 Å². The van der Waals surface area contributed by atoms with Crippen molar-refractivity contribution in [2.75, 3.05) is 14.2 Å². The van der Waals surface area contributed by atoms with E-state index in [0.29, 0.717) is 19.3 Å². The Kier molecular flexibility index (Phi) is 2.86. The molecular formula is C13H22N2O4. The lowest BCUT2D eigenvalue weighted by Gasteiger charge is -2.73. The number of rotatable bonds is 3. The normalized spacial score (nSPS) is 32.1. The average molecular weight is 270 g/mol. The maximum absolute atomic E-state index is 12.1. The molecule has 3 aliphatic rings. The molecule has 0 spiro atoms. The summed E-state index contributed by atoms with van der Waals surface area (Å²) in [5, 5.41) is 10.7. The molecule has 108 valence electrons. The number of hydroxylamine groups is 2. The fourth-order valence-corrected chi connectivity index (χ4v) is 3.82. The van der Waals surface area contributed by atoms with Crippen molar-refractivity contribution in [2.24, 2.45) is 5.41 Å². The zero-order chi connectivity index (χ0) is 14.6. The van der Waals surface area contributed by atoms with Gasteiger partial charge in [-0.15, -0.1) is 0 Å². The van der Waals surface area contributed by atoms with E-state index in [2.05, 4.69) is 0 Å². The van der Waals surface area contributed by atoms with Crippen molar-refractivity contribution in [3.63, 3.8) is 0 Å². The molecule has 19 heavy (non-hydrogen) atoms. The second-order valence-electron chi connectivity index (χ2n) is 6.81. The van der Waals surface area contributed by atoms with Crippen molar-refractivity contribution in [1.29, 1.82) is 0 Å². The molecule has 6 nitrogen and oxygen atoms in total. The van der Waals surface area contributed by atoms with Crippen LogP contribution in [0, 0.1) is 5.41 Å². The van der Waals surface area contributed by atoms with Crippen LogP contribution in [-0.4, -0.2) is 52.3 Å². The molecule has 0 aromatic carbocycles. The number of nitrogens with zero attached hydrogens (tertiary/aromatic N) is 2. The Bertz CT molecular complexity index is 407. The molecular weight excluding hydrogens is 248 g/mol. The highest BCUT2D eigenvalue weighted by Crippen LogP contribution is 2.71. The Morgan fingerprint density at radius 1 is 1.21 bits per heavy atom. The first-order valence-corrected chi connectivity index (χ1v) is 6.44. The molecule has 0 aromatic heterocycles. The van der Waals surface area contributed by atoms with Crippen LogP contribution in [0.5, 0.6) is 0 Å². The predicted molar refractivity (Wildman–Crippen MR) is 68.4 cm³/mol. The highest BCUT2D eigenvalue weighted by Gasteiger charge is 2.76. The Morgan fingerprint density at radius 3 is 2.00 bits per heavy atom. The van der Waals surface area contributed by atoms with E-state index in [9.17, 15) is 14.7 Å². The van der Waals surface area contributed by atoms with E-state index >= 15 is 0 Å². The Hall–Kier alpha value is -1.30. The van der Waals surface area contributed by atoms with Crippen molar-refractivity contribution in [1.82, 2.24) is 9.96 Å². The van der Waals surface area contributed by atoms with E-state index in [0.717, 1.165) is 0 Å². The lowest BCUT2D eigenvalue weighted by molar-refractivity contribution is -0.248. The average Bonchev–Trinajstić information content (AvgIpc) is 2.16. The Balaban J connectivity index is 2.10. The van der Waals surface area contributed by atoms with Crippen LogP contribution in [0.2, 0.25) is 0 Å². The van der Waals surface area contributed by atoms with Crippen LogP contribution in [0.1, 0.15) is 40.0 Å². The Morgan fingerprint density at radius 2 is 1.68 bits per heavy atom. The van der Waals surface area contributed by atoms with Crippen LogP contribution >= 0.6 is 0 Å². The molecule has 0 atom stereocenters. The minimum atomic E-state index is -0.909. The molecule has 3 aliphatic carbocycles. The van der Waals surface area contributed by atoms with Crippen LogP contribution in [0.25, 0.3) is 0 Å². The molecule has 1 N–H and O–H groups in total. The maximum atomic E-state index is 12.1. The summed E-state index contributed by atoms with van der Waals surface area (Å²) >= 11 is 0. The number of carbonyl (C=O) groups excluding carboxylic acids is 1. The molecule has 2 amide bonds. The van der Waals surface area contributed by atoms with Gasteiger partial charge in [0.1, 0.15) is 0 Å². The van der Waals surface area contributed by atoms with Gasteiger partial charge in [-0.25, -0.2) is 9.86 Å². The zero-order valence-corrected chi connectivity index (χ0v) is 12.2. The number of carboxylic acid groups (broad SMARTS) is 1. The van der Waals surface area contributed by atoms with Gasteiger partial charge in [-0.05, 0) is 40.0 Å². The third kappa shape index (κ3) is 1.81. The molecule has 0 unspecified atom stereocenters. The summed E-state index contributed by atoms with van der Waals surface area (Å²) < 4.78 is 0. The van der Waals surface area contributed by atoms with Crippen molar-refractivity contribution >= 4 is 12.0 Å². The second-order valence-corrected chi connectivity index (χ2v) is 6.81. The summed E-state index contributed by atoms with van der Waals surface area (Å²) in [5.74, 6) is -0.0453. The molecule has 3 fully saturated rings. The molecule has 0 radical (unpaired) electrons. The monoisotopic (exact) mass is 270 g/mol. The molecule has 2 bridgehead atoms. The van der Waals surface area contributed by atoms with Gasteiger partial charge in [0.2, 0.25) is 0 Å². The van der Waals surface area contributed by atoms with Gasteiger partial charge in [0.05, 0.1) is 12.5 Å². The van der Waals surface area contributed by atoms with E-state index in [1.165, 1.54) is 17.1 Å². The summed E-state index contributed by atoms with van der Waals surface area (Å²) in [6, 6.07) is 0. The number of hydrogen-bond donors (Lipinski definition) is 1. The maximum Gasteiger partial charge on any atom is 0.408 e. The van der Waals surface area contributed by atoms with E-state index in [-0.39, 0.29) is 11.4 Å². The predicted octanol–water partition coefficient (Wildman–Crippen LogP) is 1.71. The molecule has 3 saturated carbocycles. The number of hydrogen-bond acceptors (Lipinski definition) is 3. The molecule has 0 aliphatic heterocycles. The van der Waals surface area contributed by atoms with Crippen molar-refractivity contribution in [2.45, 2.75) is 51.1 Å². The van der Waals surface area contributed by atoms with E-state index in [1.54, 1.807) is 7.05 Å². The number of amides is 2. The molecule has 0 saturated heterocycles. The molecule has 6 heteroatoms. The summed E-state index contributed by atoms with van der Waals surface area (Å²) in [6.45, 7) is 5.66. The van der Waals surface area contributed by atoms with Gasteiger partial charge in [-0.3, -0.25) is 14.5 Å². The first-order valence-electron chi connectivity index (χ1n) is 6.44. The summed E-state index contributed by atoms with van der Waals surface area (Å²) in [6.07, 6.45) is 0.913. The van der Waals surface area contributed by atoms with Crippen molar-refractivity contribution < 1.29 is 19.5 Å². The lowest BCUT2D eigenvalue weighted by Crippen LogP contribution is -2.81. The standard InChI is InChI=1S/C13H22N2O4/c1-11(2,3)15(10(17)18)13-6-12(7-13,8-13)9(16)14(4)19-5/h6-8H2,1-5H3,(H,17,18). The highest BCUT2D eigenvalue weighted by molar-refractivity contribution is 5.87. The fourth-order valence-electron chi connectivity index (χ4n) is 3.82. The Labute approximate surface area is 113 Å². The largest absolute Gasteiger partial charge is 0.465 e. The summed E-state index contributed by atoms with van der Waals surface area (Å²) in [5.41, 5.74) is -1.20. The van der Waals surface area contributed by atoms with Gasteiger partial charge in [-0.2, -0.15) is 0 Å². The first kappa shape index (κ1) is 14.1. The second kappa shape index (κ2) is 3.85. The third-order valence-electron chi connectivity index (χ3n) is 4.35. The minimum Gasteiger partial charge on any atom is -0.465 e. The van der Waals surface area contributed by atoms with E-state index in [1.807, 2.05) is 20.8 Å². The van der Waals surface area contributed by atoms with Gasteiger partial charge in [0.25, 0.3) is 5.91 Å². The zero-order valence-electron chi connectivity index (χ0n) is 12.2. The van der Waals surface area contributed by atoms with Crippen LogP contribution in [0.15, 0.2) is 0 Å². The molecule has 0 aromatic rings. The van der Waals surface area contributed by atoms with E-state index in [4.69, 9.17) is 4.84 Å². The van der Waals surface area contributed by atoms with Gasteiger partial charge in [-0.1, -0.05) is 0 Å². The molecule has 3 rings (SSSR count). The molecule has 0 heterocycles. The highest BCUT2D eigenvalue weighted by atomic mass is 16.7. The third-order valence-corrected chi connectivity index (χ3v) is 4.35. The van der Waals surface area contributed by atoms with Crippen LogP contribution in [0.4, 0.5) is 4.79 Å². The lowest BCUT2D eigenvalue weighted by atomic mass is 9.38. The quantitative estimate of drug-likeness (QED) is 0.792. The summed E-state index contributed by atoms with van der Waals surface area (Å²) in [4.78, 5) is 30.1. The van der Waals surface area contributed by atoms with Crippen LogP contribution < -0.4 is 0 Å². The van der Waals surface area contributed by atoms with Crippen molar-refractivity contribution in [3.05, 3.63) is 0 Å².